The summed E-state index contributed by atoms with van der Waals surface area (Å²) in [5, 5.41) is 0. The molecule has 0 aromatic heterocycles. The fourth-order valence-corrected chi connectivity index (χ4v) is 2.36. The van der Waals surface area contributed by atoms with E-state index in [4.69, 9.17) is 0 Å². The van der Waals surface area contributed by atoms with Crippen molar-refractivity contribution in [1.29, 1.82) is 0 Å². The summed E-state index contributed by atoms with van der Waals surface area (Å²) in [6.45, 7) is 2.28. The van der Waals surface area contributed by atoms with E-state index in [9.17, 15) is 4.79 Å². The number of carbonyl (C=O) groups is 1. The highest BCUT2D eigenvalue weighted by molar-refractivity contribution is 5.97. The Balaban J connectivity index is 2.03. The van der Waals surface area contributed by atoms with E-state index < -0.39 is 0 Å². The van der Waals surface area contributed by atoms with Gasteiger partial charge in [0, 0.05) is 11.5 Å². The molecule has 0 amide bonds. The average Bonchev–Trinajstić information content (AvgIpc) is 2.30. The number of benzene rings is 1. The highest BCUT2D eigenvalue weighted by Crippen LogP contribution is 2.30. The van der Waals surface area contributed by atoms with E-state index in [0.717, 1.165) is 24.3 Å². The van der Waals surface area contributed by atoms with E-state index in [-0.39, 0.29) is 5.92 Å². The van der Waals surface area contributed by atoms with E-state index in [2.05, 4.69) is 6.92 Å². The molecule has 1 fully saturated rings. The first-order chi connectivity index (χ1) is 7.27. The van der Waals surface area contributed by atoms with Crippen LogP contribution in [0.25, 0.3) is 0 Å². The van der Waals surface area contributed by atoms with Gasteiger partial charge < -0.3 is 0 Å². The molecule has 15 heavy (non-hydrogen) atoms. The zero-order valence-electron chi connectivity index (χ0n) is 9.28. The number of rotatable bonds is 2. The van der Waals surface area contributed by atoms with E-state index in [1.165, 1.54) is 12.8 Å². The van der Waals surface area contributed by atoms with Gasteiger partial charge in [-0.25, -0.2) is 0 Å². The van der Waals surface area contributed by atoms with Crippen LogP contribution in [-0.4, -0.2) is 5.78 Å². The number of ketones is 1. The molecule has 1 heteroatoms. The van der Waals surface area contributed by atoms with E-state index in [1.54, 1.807) is 0 Å². The van der Waals surface area contributed by atoms with Crippen LogP contribution in [-0.2, 0) is 0 Å². The van der Waals surface area contributed by atoms with Crippen molar-refractivity contribution < 1.29 is 4.79 Å². The minimum Gasteiger partial charge on any atom is -0.294 e. The molecular formula is C14H18O. The largest absolute Gasteiger partial charge is 0.294 e. The topological polar surface area (TPSA) is 17.1 Å². The molecule has 0 heterocycles. The van der Waals surface area contributed by atoms with Gasteiger partial charge in [0.15, 0.2) is 5.78 Å². The first-order valence-corrected chi connectivity index (χ1v) is 5.86. The zero-order valence-corrected chi connectivity index (χ0v) is 9.28. The lowest BCUT2D eigenvalue weighted by molar-refractivity contribution is 0.0875. The molecule has 0 saturated heterocycles. The second-order valence-electron chi connectivity index (χ2n) is 4.69. The Kier molecular flexibility index (Phi) is 3.20. The second kappa shape index (κ2) is 4.61. The van der Waals surface area contributed by atoms with Crippen LogP contribution >= 0.6 is 0 Å². The quantitative estimate of drug-likeness (QED) is 0.668. The van der Waals surface area contributed by atoms with Crippen molar-refractivity contribution in [1.82, 2.24) is 0 Å². The molecule has 0 radical (unpaired) electrons. The van der Waals surface area contributed by atoms with Gasteiger partial charge in [-0.05, 0) is 18.8 Å². The highest BCUT2D eigenvalue weighted by atomic mass is 16.1. The third-order valence-electron chi connectivity index (χ3n) is 3.44. The lowest BCUT2D eigenvalue weighted by Crippen LogP contribution is -2.20. The first-order valence-electron chi connectivity index (χ1n) is 5.86. The van der Waals surface area contributed by atoms with Gasteiger partial charge in [-0.1, -0.05) is 50.1 Å². The summed E-state index contributed by atoms with van der Waals surface area (Å²) in [5.41, 5.74) is 0.886. The predicted molar refractivity (Wildman–Crippen MR) is 61.9 cm³/mol. The van der Waals surface area contributed by atoms with Gasteiger partial charge in [-0.2, -0.15) is 0 Å². The Bertz CT molecular complexity index is 320. The van der Waals surface area contributed by atoms with E-state index >= 15 is 0 Å². The summed E-state index contributed by atoms with van der Waals surface area (Å²) in [5.74, 6) is 1.44. The third kappa shape index (κ3) is 2.47. The minimum atomic E-state index is 0.281. The van der Waals surface area contributed by atoms with Crippen LogP contribution in [0.15, 0.2) is 30.3 Å². The van der Waals surface area contributed by atoms with Gasteiger partial charge in [0.05, 0.1) is 0 Å². The predicted octanol–water partition coefficient (Wildman–Crippen LogP) is 3.70. The van der Waals surface area contributed by atoms with Crippen molar-refractivity contribution in [2.75, 3.05) is 0 Å². The van der Waals surface area contributed by atoms with Crippen molar-refractivity contribution in [3.05, 3.63) is 35.9 Å². The Morgan fingerprint density at radius 3 is 2.27 bits per heavy atom. The monoisotopic (exact) mass is 202 g/mol. The summed E-state index contributed by atoms with van der Waals surface area (Å²) < 4.78 is 0. The molecule has 1 aromatic rings. The molecule has 80 valence electrons. The van der Waals surface area contributed by atoms with Crippen molar-refractivity contribution >= 4 is 5.78 Å². The van der Waals surface area contributed by atoms with Gasteiger partial charge >= 0.3 is 0 Å². The maximum atomic E-state index is 12.1. The molecule has 1 aliphatic carbocycles. The summed E-state index contributed by atoms with van der Waals surface area (Å²) in [4.78, 5) is 12.1. The molecule has 0 aliphatic heterocycles. The van der Waals surface area contributed by atoms with Gasteiger partial charge in [0.25, 0.3) is 0 Å². The number of hydrogen-bond acceptors (Lipinski definition) is 1. The Morgan fingerprint density at radius 1 is 1.07 bits per heavy atom. The molecule has 2 rings (SSSR count). The fourth-order valence-electron chi connectivity index (χ4n) is 2.36. The first kappa shape index (κ1) is 10.4. The normalized spacial score (nSPS) is 26.2. The van der Waals surface area contributed by atoms with Gasteiger partial charge in [-0.3, -0.25) is 4.79 Å². The Morgan fingerprint density at radius 2 is 1.67 bits per heavy atom. The lowest BCUT2D eigenvalue weighted by Gasteiger charge is -2.24. The van der Waals surface area contributed by atoms with Gasteiger partial charge in [0.1, 0.15) is 0 Å². The van der Waals surface area contributed by atoms with Crippen molar-refractivity contribution in [3.8, 4) is 0 Å². The maximum Gasteiger partial charge on any atom is 0.165 e. The van der Waals surface area contributed by atoms with Crippen LogP contribution in [0.3, 0.4) is 0 Å². The molecule has 0 spiro atoms. The van der Waals surface area contributed by atoms with Gasteiger partial charge in [0.2, 0.25) is 0 Å². The van der Waals surface area contributed by atoms with Crippen LogP contribution in [0.4, 0.5) is 0 Å². The maximum absolute atomic E-state index is 12.1. The summed E-state index contributed by atoms with van der Waals surface area (Å²) in [7, 11) is 0. The number of Topliss-reactive ketones (excluding diaryl/α,β-unsaturated/α-hetero) is 1. The molecule has 0 N–H and O–H groups in total. The van der Waals surface area contributed by atoms with Gasteiger partial charge in [-0.15, -0.1) is 0 Å². The highest BCUT2D eigenvalue weighted by Gasteiger charge is 2.24. The summed E-state index contributed by atoms with van der Waals surface area (Å²) in [6.07, 6.45) is 4.58. The standard InChI is InChI=1S/C14H18O/c1-11-7-9-13(10-8-11)14(15)12-5-3-2-4-6-12/h2-6,11,13H,7-10H2,1H3. The van der Waals surface area contributed by atoms with Crippen LogP contribution in [0, 0.1) is 11.8 Å². The molecule has 1 saturated carbocycles. The number of hydrogen-bond donors (Lipinski definition) is 0. The second-order valence-corrected chi connectivity index (χ2v) is 4.69. The molecule has 1 aromatic carbocycles. The third-order valence-corrected chi connectivity index (χ3v) is 3.44. The molecule has 0 atom stereocenters. The van der Waals surface area contributed by atoms with Crippen LogP contribution in [0.1, 0.15) is 43.0 Å². The fraction of sp³-hybridized carbons (Fsp3) is 0.500. The van der Waals surface area contributed by atoms with E-state index in [1.807, 2.05) is 30.3 Å². The lowest BCUT2D eigenvalue weighted by atomic mass is 9.79. The SMILES string of the molecule is CC1CCC(C(=O)c2ccccc2)CC1. The van der Waals surface area contributed by atoms with Crippen LogP contribution in [0.2, 0.25) is 0 Å². The number of carbonyl (C=O) groups excluding carboxylic acids is 1. The van der Waals surface area contributed by atoms with Crippen molar-refractivity contribution in [2.24, 2.45) is 11.8 Å². The zero-order chi connectivity index (χ0) is 10.7. The van der Waals surface area contributed by atoms with Crippen LogP contribution in [0.5, 0.6) is 0 Å². The average molecular weight is 202 g/mol. The molecule has 1 nitrogen and oxygen atoms in total. The molecular weight excluding hydrogens is 184 g/mol. The minimum absolute atomic E-state index is 0.281. The Hall–Kier alpha value is -1.11. The molecule has 0 bridgehead atoms. The van der Waals surface area contributed by atoms with Crippen LogP contribution < -0.4 is 0 Å². The molecule has 0 unspecified atom stereocenters. The summed E-state index contributed by atoms with van der Waals surface area (Å²) >= 11 is 0. The van der Waals surface area contributed by atoms with Crippen molar-refractivity contribution in [3.63, 3.8) is 0 Å². The smallest absolute Gasteiger partial charge is 0.165 e. The molecule has 1 aliphatic rings. The summed E-state index contributed by atoms with van der Waals surface area (Å²) in [6, 6.07) is 9.71. The van der Waals surface area contributed by atoms with E-state index in [0.29, 0.717) is 5.78 Å². The Labute approximate surface area is 91.5 Å². The van der Waals surface area contributed by atoms with Crippen molar-refractivity contribution in [2.45, 2.75) is 32.6 Å².